The molecule has 1 aromatic carbocycles. The first kappa shape index (κ1) is 20.4. The highest BCUT2D eigenvalue weighted by atomic mass is 16.6. The molecule has 6 rings (SSSR count). The smallest absolute Gasteiger partial charge is 0.334 e. The predicted molar refractivity (Wildman–Crippen MR) is 120 cm³/mol. The van der Waals surface area contributed by atoms with Crippen LogP contribution in [0.3, 0.4) is 0 Å². The van der Waals surface area contributed by atoms with E-state index in [1.165, 1.54) is 24.7 Å². The number of carbonyl (C=O) groups is 1. The molecule has 4 aliphatic carbocycles. The van der Waals surface area contributed by atoms with Crippen molar-refractivity contribution < 1.29 is 23.7 Å². The van der Waals surface area contributed by atoms with Gasteiger partial charge < -0.3 is 18.9 Å². The molecule has 0 N–H and O–H groups in total. The molecule has 1 unspecified atom stereocenters. The summed E-state index contributed by atoms with van der Waals surface area (Å²) < 4.78 is 23.2. The summed E-state index contributed by atoms with van der Waals surface area (Å²) in [5.41, 5.74) is 3.77. The van der Waals surface area contributed by atoms with E-state index in [-0.39, 0.29) is 22.2 Å². The third kappa shape index (κ3) is 2.14. The maximum absolute atomic E-state index is 12.9. The summed E-state index contributed by atoms with van der Waals surface area (Å²) in [7, 11) is 3.23. The molecule has 5 aliphatic rings. The molecule has 0 saturated heterocycles. The summed E-state index contributed by atoms with van der Waals surface area (Å²) in [5.74, 6) is 3.29. The van der Waals surface area contributed by atoms with Crippen molar-refractivity contribution >= 4 is 5.97 Å². The molecule has 2 saturated carbocycles. The van der Waals surface area contributed by atoms with Gasteiger partial charge in [0.1, 0.15) is 13.2 Å². The van der Waals surface area contributed by atoms with Crippen molar-refractivity contribution in [3.05, 3.63) is 28.8 Å². The number of allylic oxidation sites excluding steroid dienone is 1. The maximum Gasteiger partial charge on any atom is 0.334 e. The Balaban J connectivity index is 1.51. The van der Waals surface area contributed by atoms with Crippen LogP contribution in [0, 0.1) is 22.2 Å². The molecule has 0 spiro atoms. The number of fused-ring (bicyclic) bond motifs is 5. The van der Waals surface area contributed by atoms with Gasteiger partial charge in [0.05, 0.1) is 14.2 Å². The van der Waals surface area contributed by atoms with Crippen LogP contribution >= 0.6 is 0 Å². The number of esters is 1. The second-order valence-electron chi connectivity index (χ2n) is 10.7. The molecule has 172 valence electrons. The number of ether oxygens (including phenoxy) is 4. The summed E-state index contributed by atoms with van der Waals surface area (Å²) in [6.45, 7) is 5.88. The zero-order chi connectivity index (χ0) is 22.3. The van der Waals surface area contributed by atoms with Crippen LogP contribution in [0.5, 0.6) is 17.2 Å². The first-order valence-corrected chi connectivity index (χ1v) is 12.3. The Morgan fingerprint density at radius 3 is 2.62 bits per heavy atom. The van der Waals surface area contributed by atoms with Gasteiger partial charge in [0.25, 0.3) is 0 Å². The van der Waals surface area contributed by atoms with Gasteiger partial charge in [0, 0.05) is 16.6 Å². The van der Waals surface area contributed by atoms with Gasteiger partial charge in [0.2, 0.25) is 5.75 Å². The van der Waals surface area contributed by atoms with Crippen LogP contribution in [-0.2, 0) is 16.0 Å². The second kappa shape index (κ2) is 6.68. The molecule has 0 amide bonds. The Morgan fingerprint density at radius 2 is 1.91 bits per heavy atom. The van der Waals surface area contributed by atoms with E-state index in [0.29, 0.717) is 25.0 Å². The molecular formula is C27H34O5. The Labute approximate surface area is 190 Å². The molecule has 1 heterocycles. The molecular weight excluding hydrogens is 404 g/mol. The topological polar surface area (TPSA) is 54.0 Å². The first-order valence-electron chi connectivity index (χ1n) is 12.3. The molecule has 1 aliphatic heterocycles. The van der Waals surface area contributed by atoms with E-state index < -0.39 is 0 Å². The van der Waals surface area contributed by atoms with Gasteiger partial charge in [-0.1, -0.05) is 19.9 Å². The number of hydrogen-bond donors (Lipinski definition) is 0. The van der Waals surface area contributed by atoms with Gasteiger partial charge >= 0.3 is 5.97 Å². The van der Waals surface area contributed by atoms with Crippen LogP contribution in [0.1, 0.15) is 69.4 Å². The molecule has 5 nitrogen and oxygen atoms in total. The van der Waals surface area contributed by atoms with E-state index in [9.17, 15) is 4.79 Å². The predicted octanol–water partition coefficient (Wildman–Crippen LogP) is 5.20. The fourth-order valence-electron chi connectivity index (χ4n) is 8.91. The van der Waals surface area contributed by atoms with Crippen LogP contribution in [0.2, 0.25) is 0 Å². The van der Waals surface area contributed by atoms with Crippen LogP contribution in [0.15, 0.2) is 17.7 Å². The third-order valence-corrected chi connectivity index (χ3v) is 10.3. The molecule has 2 fully saturated rings. The lowest BCUT2D eigenvalue weighted by Gasteiger charge is -2.57. The van der Waals surface area contributed by atoms with Crippen molar-refractivity contribution in [2.75, 3.05) is 27.4 Å². The van der Waals surface area contributed by atoms with E-state index >= 15 is 0 Å². The second-order valence-corrected chi connectivity index (χ2v) is 10.7. The summed E-state index contributed by atoms with van der Waals surface area (Å²) in [6.07, 6.45) is 10.1. The molecule has 5 heteroatoms. The van der Waals surface area contributed by atoms with Gasteiger partial charge in [-0.3, -0.25) is 0 Å². The number of benzene rings is 1. The lowest BCUT2D eigenvalue weighted by atomic mass is 9.46. The summed E-state index contributed by atoms with van der Waals surface area (Å²) in [5, 5.41) is 0. The van der Waals surface area contributed by atoms with Gasteiger partial charge in [-0.25, -0.2) is 4.79 Å². The van der Waals surface area contributed by atoms with Crippen molar-refractivity contribution in [1.82, 2.24) is 0 Å². The average molecular weight is 439 g/mol. The van der Waals surface area contributed by atoms with Crippen LogP contribution in [0.25, 0.3) is 0 Å². The van der Waals surface area contributed by atoms with Crippen molar-refractivity contribution in [1.29, 1.82) is 0 Å². The summed E-state index contributed by atoms with van der Waals surface area (Å²) in [4.78, 5) is 12.9. The molecule has 1 aromatic rings. The Hall–Kier alpha value is -2.17. The van der Waals surface area contributed by atoms with Crippen molar-refractivity contribution in [2.24, 2.45) is 22.2 Å². The number of hydrogen-bond acceptors (Lipinski definition) is 5. The van der Waals surface area contributed by atoms with Crippen molar-refractivity contribution in [3.63, 3.8) is 0 Å². The van der Waals surface area contributed by atoms with Gasteiger partial charge in [-0.05, 0) is 79.2 Å². The van der Waals surface area contributed by atoms with Gasteiger partial charge in [0.15, 0.2) is 11.5 Å². The van der Waals surface area contributed by atoms with Crippen LogP contribution in [-0.4, -0.2) is 33.4 Å². The highest BCUT2D eigenvalue weighted by molar-refractivity contribution is 5.92. The van der Waals surface area contributed by atoms with Crippen molar-refractivity contribution in [3.8, 4) is 17.2 Å². The molecule has 0 radical (unpaired) electrons. The zero-order valence-corrected chi connectivity index (χ0v) is 19.7. The van der Waals surface area contributed by atoms with Crippen molar-refractivity contribution in [2.45, 2.75) is 64.7 Å². The van der Waals surface area contributed by atoms with Crippen LogP contribution < -0.4 is 14.2 Å². The first-order chi connectivity index (χ1) is 15.5. The number of aryl methyl sites for hydroxylation is 1. The fraction of sp³-hybridized carbons (Fsp3) is 0.667. The van der Waals surface area contributed by atoms with Gasteiger partial charge in [-0.15, -0.1) is 0 Å². The third-order valence-electron chi connectivity index (χ3n) is 10.3. The molecule has 5 atom stereocenters. The number of methoxy groups -OCH3 is 2. The largest absolute Gasteiger partial charge is 0.493 e. The zero-order valence-electron chi connectivity index (χ0n) is 19.7. The minimum absolute atomic E-state index is 0.0511. The monoisotopic (exact) mass is 438 g/mol. The fourth-order valence-corrected chi connectivity index (χ4v) is 8.91. The number of rotatable bonds is 3. The summed E-state index contributed by atoms with van der Waals surface area (Å²) >= 11 is 0. The molecule has 2 bridgehead atoms. The van der Waals surface area contributed by atoms with E-state index in [2.05, 4.69) is 26.0 Å². The minimum Gasteiger partial charge on any atom is -0.493 e. The Kier molecular flexibility index (Phi) is 4.26. The normalized spacial score (nSPS) is 38.3. The quantitative estimate of drug-likeness (QED) is 0.607. The van der Waals surface area contributed by atoms with E-state index in [1.807, 2.05) is 0 Å². The highest BCUT2D eigenvalue weighted by Gasteiger charge is 2.74. The minimum atomic E-state index is -0.117. The number of carbonyl (C=O) groups excluding carboxylic acids is 1. The molecule has 32 heavy (non-hydrogen) atoms. The van der Waals surface area contributed by atoms with E-state index in [0.717, 1.165) is 61.3 Å². The standard InChI is InChI=1S/C27H34O5/c1-5-26-10-11-27(15-19(26)24(28)30-4)18-7-6-16-14-20(29-3)22-23(32-13-12-31-22)21(16)17(18)8-9-25(26,27)2/h14-15,17-18H,5-13H2,1-4H3/t17-,18+,25+,26+,27?/m0/s1. The van der Waals surface area contributed by atoms with Crippen LogP contribution in [0.4, 0.5) is 0 Å². The maximum atomic E-state index is 12.9. The molecule has 0 aromatic heterocycles. The lowest BCUT2D eigenvalue weighted by molar-refractivity contribution is -0.138. The van der Waals surface area contributed by atoms with Gasteiger partial charge in [-0.2, -0.15) is 0 Å². The van der Waals surface area contributed by atoms with E-state index in [1.54, 1.807) is 7.11 Å². The average Bonchev–Trinajstić information content (AvgIpc) is 3.23. The Morgan fingerprint density at radius 1 is 1.12 bits per heavy atom. The lowest BCUT2D eigenvalue weighted by Crippen LogP contribution is -2.50. The van der Waals surface area contributed by atoms with E-state index in [4.69, 9.17) is 18.9 Å². The Bertz CT molecular complexity index is 1030. The highest BCUT2D eigenvalue weighted by Crippen LogP contribution is 2.81. The summed E-state index contributed by atoms with van der Waals surface area (Å²) in [6, 6.07) is 2.18. The SMILES string of the molecule is CC[C@@]12CCC3(C=C1C(=O)OC)[C@@H]1CCc4cc(OC)c5c(c4[C@H]1CC[C@@]32C)OCCO5.